The van der Waals surface area contributed by atoms with E-state index in [0.717, 1.165) is 29.2 Å². The third kappa shape index (κ3) is 3.05. The van der Waals surface area contributed by atoms with Gasteiger partial charge in [-0.15, -0.1) is 0 Å². The Hall–Kier alpha value is -1.95. The number of thiazole rings is 1. The lowest BCUT2D eigenvalue weighted by Gasteiger charge is -2.06. The summed E-state index contributed by atoms with van der Waals surface area (Å²) in [5, 5.41) is 3.56. The van der Waals surface area contributed by atoms with Crippen molar-refractivity contribution in [3.8, 4) is 10.7 Å². The van der Waals surface area contributed by atoms with Gasteiger partial charge in [0.1, 0.15) is 0 Å². The van der Waals surface area contributed by atoms with Gasteiger partial charge < -0.3 is 9.88 Å². The fourth-order valence-corrected chi connectivity index (χ4v) is 3.54. The molecule has 0 aliphatic heterocycles. The lowest BCUT2D eigenvalue weighted by Crippen LogP contribution is -2.14. The Kier molecular flexibility index (Phi) is 3.88. The maximum atomic E-state index is 12.0. The molecule has 1 aliphatic rings. The number of nitrogens with zero attached hydrogens (tertiary/aromatic N) is 3. The summed E-state index contributed by atoms with van der Waals surface area (Å²) < 4.78 is 1.95. The first-order chi connectivity index (χ1) is 10.1. The van der Waals surface area contributed by atoms with Crippen LogP contribution in [0.3, 0.4) is 0 Å². The van der Waals surface area contributed by atoms with E-state index in [-0.39, 0.29) is 5.91 Å². The number of hydrogen-bond donors (Lipinski definition) is 1. The number of rotatable bonds is 4. The van der Waals surface area contributed by atoms with Crippen molar-refractivity contribution in [2.24, 2.45) is 13.0 Å². The third-order valence-corrected chi connectivity index (χ3v) is 4.70. The minimum absolute atomic E-state index is 0.0340. The predicted molar refractivity (Wildman–Crippen MR) is 84.2 cm³/mol. The van der Waals surface area contributed by atoms with Gasteiger partial charge in [0, 0.05) is 25.9 Å². The first-order valence-electron chi connectivity index (χ1n) is 7.05. The second-order valence-corrected chi connectivity index (χ2v) is 6.31. The molecule has 2 aromatic rings. The number of carbonyl (C=O) groups is 1. The number of hydrogen-bond acceptors (Lipinski definition) is 4. The van der Waals surface area contributed by atoms with Crippen LogP contribution in [0.5, 0.6) is 0 Å². The van der Waals surface area contributed by atoms with E-state index in [1.165, 1.54) is 11.3 Å². The van der Waals surface area contributed by atoms with Crippen molar-refractivity contribution < 1.29 is 4.79 Å². The van der Waals surface area contributed by atoms with E-state index in [1.807, 2.05) is 24.7 Å². The van der Waals surface area contributed by atoms with Gasteiger partial charge in [-0.2, -0.15) is 0 Å². The average molecular weight is 302 g/mol. The summed E-state index contributed by atoms with van der Waals surface area (Å²) in [6.45, 7) is 1.94. The SMILES string of the molecule is Cc1nc(NC(=O)CC2C=CCC2)sc1-c1nccn1C. The largest absolute Gasteiger partial charge is 0.333 e. The van der Waals surface area contributed by atoms with Crippen molar-refractivity contribution in [3.63, 3.8) is 0 Å². The Morgan fingerprint density at radius 2 is 2.43 bits per heavy atom. The van der Waals surface area contributed by atoms with Crippen LogP contribution >= 0.6 is 11.3 Å². The highest BCUT2D eigenvalue weighted by atomic mass is 32.1. The summed E-state index contributed by atoms with van der Waals surface area (Å²) >= 11 is 1.47. The van der Waals surface area contributed by atoms with Gasteiger partial charge in [-0.1, -0.05) is 23.5 Å². The summed E-state index contributed by atoms with van der Waals surface area (Å²) in [4.78, 5) is 21.8. The van der Waals surface area contributed by atoms with Crippen LogP contribution in [-0.2, 0) is 11.8 Å². The molecule has 1 unspecified atom stereocenters. The third-order valence-electron chi connectivity index (χ3n) is 3.63. The van der Waals surface area contributed by atoms with Crippen LogP contribution in [0.1, 0.15) is 25.0 Å². The second-order valence-electron chi connectivity index (χ2n) is 5.31. The normalized spacial score (nSPS) is 17.3. The van der Waals surface area contributed by atoms with Crippen LogP contribution in [0.4, 0.5) is 5.13 Å². The van der Waals surface area contributed by atoms with Crippen LogP contribution in [-0.4, -0.2) is 20.4 Å². The molecule has 6 heteroatoms. The van der Waals surface area contributed by atoms with Crippen molar-refractivity contribution in [2.75, 3.05) is 5.32 Å². The predicted octanol–water partition coefficient (Wildman–Crippen LogP) is 3.15. The maximum absolute atomic E-state index is 12.0. The molecule has 5 nitrogen and oxygen atoms in total. The van der Waals surface area contributed by atoms with Gasteiger partial charge in [-0.05, 0) is 25.7 Å². The monoisotopic (exact) mass is 302 g/mol. The topological polar surface area (TPSA) is 59.8 Å². The molecular formula is C15H18N4OS. The number of allylic oxidation sites excluding steroid dienone is 2. The molecule has 3 rings (SSSR count). The summed E-state index contributed by atoms with van der Waals surface area (Å²) in [6, 6.07) is 0. The number of nitrogens with one attached hydrogen (secondary N) is 1. The molecule has 1 N–H and O–H groups in total. The highest BCUT2D eigenvalue weighted by molar-refractivity contribution is 7.19. The number of aromatic nitrogens is 3. The van der Waals surface area contributed by atoms with Gasteiger partial charge in [0.05, 0.1) is 10.6 Å². The summed E-state index contributed by atoms with van der Waals surface area (Å²) in [6.07, 6.45) is 10.6. The van der Waals surface area contributed by atoms with Crippen molar-refractivity contribution >= 4 is 22.4 Å². The Morgan fingerprint density at radius 3 is 3.10 bits per heavy atom. The smallest absolute Gasteiger partial charge is 0.226 e. The number of carbonyl (C=O) groups excluding carboxylic acids is 1. The van der Waals surface area contributed by atoms with Crippen LogP contribution in [0.15, 0.2) is 24.5 Å². The summed E-state index contributed by atoms with van der Waals surface area (Å²) in [5.74, 6) is 1.29. The molecule has 21 heavy (non-hydrogen) atoms. The Labute approximate surface area is 127 Å². The fourth-order valence-electron chi connectivity index (χ4n) is 2.52. The van der Waals surface area contributed by atoms with Gasteiger partial charge in [-0.3, -0.25) is 4.79 Å². The standard InChI is InChI=1S/C15H18N4OS/c1-10-13(14-16-7-8-19(14)2)21-15(17-10)18-12(20)9-11-5-3-4-6-11/h3,5,7-8,11H,4,6,9H2,1-2H3,(H,17,18,20). The van der Waals surface area contributed by atoms with Gasteiger partial charge >= 0.3 is 0 Å². The van der Waals surface area contributed by atoms with E-state index in [2.05, 4.69) is 27.4 Å². The van der Waals surface area contributed by atoms with Gasteiger partial charge in [-0.25, -0.2) is 9.97 Å². The summed E-state index contributed by atoms with van der Waals surface area (Å²) in [7, 11) is 1.95. The van der Waals surface area contributed by atoms with Gasteiger partial charge in [0.25, 0.3) is 0 Å². The van der Waals surface area contributed by atoms with E-state index >= 15 is 0 Å². The van der Waals surface area contributed by atoms with Crippen LogP contribution in [0.25, 0.3) is 10.7 Å². The molecule has 1 aliphatic carbocycles. The quantitative estimate of drug-likeness (QED) is 0.883. The first kappa shape index (κ1) is 14.0. The van der Waals surface area contributed by atoms with Crippen molar-refractivity contribution in [1.29, 1.82) is 0 Å². The molecular weight excluding hydrogens is 284 g/mol. The molecule has 0 saturated heterocycles. The Morgan fingerprint density at radius 1 is 1.57 bits per heavy atom. The fraction of sp³-hybridized carbons (Fsp3) is 0.400. The molecule has 0 saturated carbocycles. The zero-order chi connectivity index (χ0) is 14.8. The molecule has 0 spiro atoms. The molecule has 0 fully saturated rings. The minimum atomic E-state index is 0.0340. The van der Waals surface area contributed by atoms with E-state index < -0.39 is 0 Å². The van der Waals surface area contributed by atoms with E-state index in [1.54, 1.807) is 6.20 Å². The van der Waals surface area contributed by atoms with E-state index in [0.29, 0.717) is 17.5 Å². The Balaban J connectivity index is 1.71. The van der Waals surface area contributed by atoms with E-state index in [9.17, 15) is 4.79 Å². The summed E-state index contributed by atoms with van der Waals surface area (Å²) in [5.41, 5.74) is 0.894. The molecule has 1 atom stereocenters. The number of anilines is 1. The van der Waals surface area contributed by atoms with Crippen molar-refractivity contribution in [2.45, 2.75) is 26.2 Å². The zero-order valence-electron chi connectivity index (χ0n) is 12.2. The molecule has 110 valence electrons. The highest BCUT2D eigenvalue weighted by Crippen LogP contribution is 2.31. The molecule has 0 radical (unpaired) electrons. The van der Waals surface area contributed by atoms with Crippen molar-refractivity contribution in [3.05, 3.63) is 30.2 Å². The zero-order valence-corrected chi connectivity index (χ0v) is 13.0. The molecule has 0 aromatic carbocycles. The first-order valence-corrected chi connectivity index (χ1v) is 7.87. The molecule has 2 heterocycles. The molecule has 2 aromatic heterocycles. The number of imidazole rings is 1. The van der Waals surface area contributed by atoms with Crippen molar-refractivity contribution in [1.82, 2.24) is 14.5 Å². The number of aryl methyl sites for hydroxylation is 2. The maximum Gasteiger partial charge on any atom is 0.226 e. The molecule has 1 amide bonds. The Bertz CT molecular complexity index is 686. The minimum Gasteiger partial charge on any atom is -0.333 e. The van der Waals surface area contributed by atoms with Gasteiger partial charge in [0.15, 0.2) is 11.0 Å². The van der Waals surface area contributed by atoms with Crippen LogP contribution in [0.2, 0.25) is 0 Å². The lowest BCUT2D eigenvalue weighted by atomic mass is 10.1. The van der Waals surface area contributed by atoms with Crippen LogP contribution in [0, 0.1) is 12.8 Å². The lowest BCUT2D eigenvalue weighted by molar-refractivity contribution is -0.116. The van der Waals surface area contributed by atoms with Gasteiger partial charge in [0.2, 0.25) is 5.91 Å². The number of amides is 1. The molecule has 0 bridgehead atoms. The highest BCUT2D eigenvalue weighted by Gasteiger charge is 2.17. The van der Waals surface area contributed by atoms with E-state index in [4.69, 9.17) is 0 Å². The van der Waals surface area contributed by atoms with Crippen LogP contribution < -0.4 is 5.32 Å². The second kappa shape index (κ2) is 5.81. The average Bonchev–Trinajstić information content (AvgIpc) is 3.12.